The standard InChI is InChI=1S/C23H21ClN4O2/c24-17-10-4-2-8-15(17)14-25-23(29)21-26-19-16-9-3-5-11-18(16)30-20(19)22(27-21)28-12-6-1-7-13-28/h2-5,8-11H,1,6-7,12-14H2,(H,25,29). The number of piperidine rings is 1. The van der Waals surface area contributed by atoms with E-state index in [0.717, 1.165) is 42.5 Å². The molecule has 0 radical (unpaired) electrons. The molecule has 1 aliphatic heterocycles. The molecule has 1 aliphatic rings. The highest BCUT2D eigenvalue weighted by Gasteiger charge is 2.23. The highest BCUT2D eigenvalue weighted by molar-refractivity contribution is 6.31. The highest BCUT2D eigenvalue weighted by atomic mass is 35.5. The van der Waals surface area contributed by atoms with Crippen molar-refractivity contribution in [2.75, 3.05) is 18.0 Å². The van der Waals surface area contributed by atoms with E-state index in [1.54, 1.807) is 6.07 Å². The third-order valence-corrected chi connectivity index (χ3v) is 5.83. The molecular formula is C23H21ClN4O2. The molecule has 1 amide bonds. The molecule has 4 aromatic rings. The zero-order chi connectivity index (χ0) is 20.5. The van der Waals surface area contributed by atoms with Gasteiger partial charge in [-0.1, -0.05) is 41.9 Å². The number of anilines is 1. The van der Waals surface area contributed by atoms with Gasteiger partial charge < -0.3 is 14.6 Å². The Morgan fingerprint density at radius 2 is 1.80 bits per heavy atom. The van der Waals surface area contributed by atoms with Crippen molar-refractivity contribution in [3.63, 3.8) is 0 Å². The van der Waals surface area contributed by atoms with Crippen molar-refractivity contribution < 1.29 is 9.21 Å². The molecule has 7 heteroatoms. The minimum Gasteiger partial charge on any atom is -0.450 e. The second-order valence-corrected chi connectivity index (χ2v) is 7.88. The number of halogens is 1. The van der Waals surface area contributed by atoms with Gasteiger partial charge >= 0.3 is 0 Å². The maximum Gasteiger partial charge on any atom is 0.289 e. The number of carbonyl (C=O) groups is 1. The van der Waals surface area contributed by atoms with Crippen LogP contribution in [0.4, 0.5) is 5.82 Å². The van der Waals surface area contributed by atoms with Gasteiger partial charge in [0, 0.05) is 30.0 Å². The highest BCUT2D eigenvalue weighted by Crippen LogP contribution is 2.34. The van der Waals surface area contributed by atoms with Gasteiger partial charge in [0.2, 0.25) is 5.82 Å². The van der Waals surface area contributed by atoms with Crippen LogP contribution in [-0.4, -0.2) is 29.0 Å². The summed E-state index contributed by atoms with van der Waals surface area (Å²) >= 11 is 6.21. The molecular weight excluding hydrogens is 400 g/mol. The van der Waals surface area contributed by atoms with Crippen molar-refractivity contribution in [1.82, 2.24) is 15.3 Å². The minimum absolute atomic E-state index is 0.140. The van der Waals surface area contributed by atoms with E-state index >= 15 is 0 Å². The predicted octanol–water partition coefficient (Wildman–Crippen LogP) is 4.95. The Labute approximate surface area is 178 Å². The number of furan rings is 1. The topological polar surface area (TPSA) is 71.3 Å². The average molecular weight is 421 g/mol. The fraction of sp³-hybridized carbons (Fsp3) is 0.261. The zero-order valence-corrected chi connectivity index (χ0v) is 17.2. The number of aromatic nitrogens is 2. The number of amides is 1. The molecule has 1 saturated heterocycles. The summed E-state index contributed by atoms with van der Waals surface area (Å²) in [5.74, 6) is 0.501. The predicted molar refractivity (Wildman–Crippen MR) is 118 cm³/mol. The van der Waals surface area contributed by atoms with Crippen LogP contribution in [0.5, 0.6) is 0 Å². The summed E-state index contributed by atoms with van der Waals surface area (Å²) in [4.78, 5) is 24.3. The summed E-state index contributed by atoms with van der Waals surface area (Å²) in [6, 6.07) is 15.2. The monoisotopic (exact) mass is 420 g/mol. The van der Waals surface area contributed by atoms with E-state index in [4.69, 9.17) is 16.0 Å². The molecule has 0 saturated carbocycles. The summed E-state index contributed by atoms with van der Waals surface area (Å²) < 4.78 is 6.10. The Morgan fingerprint density at radius 3 is 2.63 bits per heavy atom. The molecule has 6 nitrogen and oxygen atoms in total. The maximum absolute atomic E-state index is 12.9. The summed E-state index contributed by atoms with van der Waals surface area (Å²) in [5.41, 5.74) is 2.90. The van der Waals surface area contributed by atoms with Crippen LogP contribution < -0.4 is 10.2 Å². The molecule has 5 rings (SSSR count). The molecule has 2 aromatic heterocycles. The number of para-hydroxylation sites is 1. The third-order valence-electron chi connectivity index (χ3n) is 5.46. The van der Waals surface area contributed by atoms with Crippen molar-refractivity contribution in [1.29, 1.82) is 0 Å². The van der Waals surface area contributed by atoms with Gasteiger partial charge in [-0.3, -0.25) is 4.79 Å². The summed E-state index contributed by atoms with van der Waals surface area (Å²) in [7, 11) is 0. The molecule has 0 atom stereocenters. The lowest BCUT2D eigenvalue weighted by molar-refractivity contribution is 0.0941. The Hall–Kier alpha value is -3.12. The van der Waals surface area contributed by atoms with E-state index in [1.165, 1.54) is 6.42 Å². The molecule has 0 spiro atoms. The van der Waals surface area contributed by atoms with E-state index in [1.807, 2.05) is 42.5 Å². The smallest absolute Gasteiger partial charge is 0.289 e. The van der Waals surface area contributed by atoms with Crippen molar-refractivity contribution in [3.8, 4) is 0 Å². The normalized spacial score (nSPS) is 14.4. The van der Waals surface area contributed by atoms with Gasteiger partial charge in [0.25, 0.3) is 5.91 Å². The lowest BCUT2D eigenvalue weighted by atomic mass is 10.1. The van der Waals surface area contributed by atoms with Gasteiger partial charge in [-0.15, -0.1) is 0 Å². The summed E-state index contributed by atoms with van der Waals surface area (Å²) in [6.45, 7) is 2.10. The fourth-order valence-electron chi connectivity index (χ4n) is 3.89. The van der Waals surface area contributed by atoms with Crippen LogP contribution in [0.3, 0.4) is 0 Å². The minimum atomic E-state index is -0.333. The molecule has 152 valence electrons. The van der Waals surface area contributed by atoms with Crippen LogP contribution in [0.25, 0.3) is 22.1 Å². The van der Waals surface area contributed by atoms with Gasteiger partial charge in [0.05, 0.1) is 0 Å². The zero-order valence-electron chi connectivity index (χ0n) is 16.4. The van der Waals surface area contributed by atoms with Crippen molar-refractivity contribution in [2.24, 2.45) is 0 Å². The fourth-order valence-corrected chi connectivity index (χ4v) is 4.10. The number of hydrogen-bond acceptors (Lipinski definition) is 5. The number of hydrogen-bond donors (Lipinski definition) is 1. The largest absolute Gasteiger partial charge is 0.450 e. The van der Waals surface area contributed by atoms with E-state index in [2.05, 4.69) is 20.2 Å². The van der Waals surface area contributed by atoms with E-state index < -0.39 is 0 Å². The number of nitrogens with zero attached hydrogens (tertiary/aromatic N) is 3. The second-order valence-electron chi connectivity index (χ2n) is 7.47. The number of fused-ring (bicyclic) bond motifs is 3. The first kappa shape index (κ1) is 18.9. The maximum atomic E-state index is 12.9. The van der Waals surface area contributed by atoms with Crippen molar-refractivity contribution in [3.05, 3.63) is 64.9 Å². The van der Waals surface area contributed by atoms with Crippen LogP contribution in [-0.2, 0) is 6.54 Å². The first-order valence-corrected chi connectivity index (χ1v) is 10.5. The number of benzene rings is 2. The summed E-state index contributed by atoms with van der Waals surface area (Å²) in [5, 5.41) is 4.39. The van der Waals surface area contributed by atoms with Crippen LogP contribution in [0.15, 0.2) is 52.9 Å². The Bertz CT molecular complexity index is 1230. The van der Waals surface area contributed by atoms with Crippen molar-refractivity contribution in [2.45, 2.75) is 25.8 Å². The molecule has 0 aliphatic carbocycles. The quantitative estimate of drug-likeness (QED) is 0.505. The van der Waals surface area contributed by atoms with Crippen LogP contribution in [0, 0.1) is 0 Å². The molecule has 0 unspecified atom stereocenters. The third kappa shape index (κ3) is 3.48. The van der Waals surface area contributed by atoms with Gasteiger partial charge in [-0.05, 0) is 43.0 Å². The van der Waals surface area contributed by atoms with Gasteiger partial charge in [0.15, 0.2) is 11.4 Å². The number of nitrogens with one attached hydrogen (secondary N) is 1. The second kappa shape index (κ2) is 7.95. The average Bonchev–Trinajstić information content (AvgIpc) is 3.17. The van der Waals surface area contributed by atoms with E-state index in [-0.39, 0.29) is 11.7 Å². The number of carbonyl (C=O) groups excluding carboxylic acids is 1. The van der Waals surface area contributed by atoms with E-state index in [0.29, 0.717) is 28.5 Å². The molecule has 1 N–H and O–H groups in total. The number of rotatable bonds is 4. The van der Waals surface area contributed by atoms with E-state index in [9.17, 15) is 4.79 Å². The van der Waals surface area contributed by atoms with Gasteiger partial charge in [-0.25, -0.2) is 9.97 Å². The Kier molecular flexibility index (Phi) is 5.01. The van der Waals surface area contributed by atoms with Gasteiger partial charge in [0.1, 0.15) is 11.1 Å². The lowest BCUT2D eigenvalue weighted by Crippen LogP contribution is -2.32. The molecule has 2 aromatic carbocycles. The Balaban J connectivity index is 1.55. The van der Waals surface area contributed by atoms with Crippen LogP contribution in [0.2, 0.25) is 5.02 Å². The SMILES string of the molecule is O=C(NCc1ccccc1Cl)c1nc(N2CCCCC2)c2oc3ccccc3c2n1. The lowest BCUT2D eigenvalue weighted by Gasteiger charge is -2.27. The van der Waals surface area contributed by atoms with Gasteiger partial charge in [-0.2, -0.15) is 0 Å². The Morgan fingerprint density at radius 1 is 1.03 bits per heavy atom. The first-order valence-electron chi connectivity index (χ1n) is 10.2. The summed E-state index contributed by atoms with van der Waals surface area (Å²) in [6.07, 6.45) is 3.40. The first-order chi connectivity index (χ1) is 14.7. The van der Waals surface area contributed by atoms with Crippen molar-refractivity contribution >= 4 is 45.4 Å². The molecule has 3 heterocycles. The van der Waals surface area contributed by atoms with Crippen LogP contribution in [0.1, 0.15) is 35.4 Å². The van der Waals surface area contributed by atoms with Crippen LogP contribution >= 0.6 is 11.6 Å². The molecule has 1 fully saturated rings. The molecule has 0 bridgehead atoms. The molecule has 30 heavy (non-hydrogen) atoms.